The van der Waals surface area contributed by atoms with E-state index < -0.39 is 20.9 Å². The first kappa shape index (κ1) is 26.8. The lowest BCUT2D eigenvalue weighted by Gasteiger charge is -2.18. The predicted molar refractivity (Wildman–Crippen MR) is 141 cm³/mol. The van der Waals surface area contributed by atoms with Crippen LogP contribution in [0, 0.1) is 17.0 Å². The molecule has 1 atom stereocenters. The molecule has 0 radical (unpaired) electrons. The van der Waals surface area contributed by atoms with Crippen molar-refractivity contribution >= 4 is 21.6 Å². The van der Waals surface area contributed by atoms with Crippen molar-refractivity contribution in [2.75, 3.05) is 26.2 Å². The van der Waals surface area contributed by atoms with E-state index in [4.69, 9.17) is 9.47 Å². The molecule has 2 aromatic carbocycles. The van der Waals surface area contributed by atoms with E-state index in [1.807, 2.05) is 6.07 Å². The van der Waals surface area contributed by atoms with Crippen molar-refractivity contribution < 1.29 is 27.6 Å². The second kappa shape index (κ2) is 11.1. The molecule has 206 valence electrons. The topological polar surface area (TPSA) is 146 Å². The Morgan fingerprint density at radius 3 is 2.59 bits per heavy atom. The van der Waals surface area contributed by atoms with Crippen molar-refractivity contribution in [1.82, 2.24) is 19.4 Å². The average Bonchev–Trinajstić information content (AvgIpc) is 3.71. The highest BCUT2D eigenvalue weighted by Gasteiger charge is 2.33. The Morgan fingerprint density at radius 1 is 1.18 bits per heavy atom. The van der Waals surface area contributed by atoms with Gasteiger partial charge in [0, 0.05) is 43.9 Å². The van der Waals surface area contributed by atoms with Gasteiger partial charge in [0.1, 0.15) is 10.6 Å². The molecule has 1 N–H and O–H groups in total. The number of nitrogens with one attached hydrogen (secondary N) is 1. The fourth-order valence-corrected chi connectivity index (χ4v) is 6.37. The summed E-state index contributed by atoms with van der Waals surface area (Å²) >= 11 is 0. The van der Waals surface area contributed by atoms with Crippen LogP contribution in [0.2, 0.25) is 0 Å². The highest BCUT2D eigenvalue weighted by atomic mass is 32.2. The van der Waals surface area contributed by atoms with Gasteiger partial charge in [0.15, 0.2) is 5.69 Å². The highest BCUT2D eigenvalue weighted by molar-refractivity contribution is 7.89. The smallest absolute Gasteiger partial charge is 0.272 e. The standard InChI is InChI=1S/C26H29N5O7S/c1-18-24(25(32)27-17-21-10-7-15-37-21)28-30(19-8-3-2-4-9-19)26(18)38-22-12-11-20(31(33)34)16-23(22)39(35,36)29-13-5-6-14-29/h2-4,8-9,11-12,16,21H,5-7,10,13-15,17H2,1H3,(H,27,32). The summed E-state index contributed by atoms with van der Waals surface area (Å²) in [5.41, 5.74) is 0.700. The van der Waals surface area contributed by atoms with Gasteiger partial charge in [-0.3, -0.25) is 14.9 Å². The number of hydrogen-bond donors (Lipinski definition) is 1. The fourth-order valence-electron chi connectivity index (χ4n) is 4.72. The zero-order valence-electron chi connectivity index (χ0n) is 21.4. The molecule has 2 aliphatic heterocycles. The van der Waals surface area contributed by atoms with E-state index in [1.165, 1.54) is 21.1 Å². The van der Waals surface area contributed by atoms with Gasteiger partial charge in [-0.15, -0.1) is 0 Å². The van der Waals surface area contributed by atoms with Crippen LogP contribution in [0.25, 0.3) is 5.69 Å². The minimum Gasteiger partial charge on any atom is -0.437 e. The molecule has 2 fully saturated rings. The summed E-state index contributed by atoms with van der Waals surface area (Å²) in [5, 5.41) is 18.9. The maximum atomic E-state index is 13.5. The Hall–Kier alpha value is -3.81. The normalized spacial score (nSPS) is 17.8. The molecule has 1 amide bonds. The number of non-ortho nitro benzene ring substituents is 1. The Morgan fingerprint density at radius 2 is 1.92 bits per heavy atom. The van der Waals surface area contributed by atoms with Crippen LogP contribution >= 0.6 is 0 Å². The molecule has 1 aromatic heterocycles. The molecule has 0 aliphatic carbocycles. The van der Waals surface area contributed by atoms with Crippen LogP contribution in [0.15, 0.2) is 53.4 Å². The van der Waals surface area contributed by atoms with Gasteiger partial charge < -0.3 is 14.8 Å². The number of para-hydroxylation sites is 1. The van der Waals surface area contributed by atoms with Crippen LogP contribution in [-0.2, 0) is 14.8 Å². The van der Waals surface area contributed by atoms with Gasteiger partial charge in [-0.1, -0.05) is 18.2 Å². The van der Waals surface area contributed by atoms with E-state index in [0.29, 0.717) is 50.3 Å². The number of carbonyl (C=O) groups excluding carboxylic acids is 1. The van der Waals surface area contributed by atoms with Gasteiger partial charge in [0.05, 0.1) is 16.7 Å². The fraction of sp³-hybridized carbons (Fsp3) is 0.385. The molecule has 0 spiro atoms. The molecule has 2 aliphatic rings. The van der Waals surface area contributed by atoms with Gasteiger partial charge in [-0.2, -0.15) is 14.1 Å². The number of nitro groups is 1. The van der Waals surface area contributed by atoms with E-state index in [9.17, 15) is 23.3 Å². The third-order valence-corrected chi connectivity index (χ3v) is 8.75. The third kappa shape index (κ3) is 5.51. The number of nitro benzene ring substituents is 1. The van der Waals surface area contributed by atoms with Crippen molar-refractivity contribution in [1.29, 1.82) is 0 Å². The van der Waals surface area contributed by atoms with Crippen LogP contribution in [0.5, 0.6) is 11.6 Å². The summed E-state index contributed by atoms with van der Waals surface area (Å²) in [4.78, 5) is 23.6. The Balaban J connectivity index is 1.56. The SMILES string of the molecule is Cc1c(C(=O)NCC2CCCO2)nn(-c2ccccc2)c1Oc1ccc([N+](=O)[O-])cc1S(=O)(=O)N1CCCC1. The van der Waals surface area contributed by atoms with Gasteiger partial charge in [-0.25, -0.2) is 8.42 Å². The molecule has 3 aromatic rings. The van der Waals surface area contributed by atoms with E-state index in [2.05, 4.69) is 10.4 Å². The van der Waals surface area contributed by atoms with E-state index in [0.717, 1.165) is 18.9 Å². The first-order valence-electron chi connectivity index (χ1n) is 12.8. The summed E-state index contributed by atoms with van der Waals surface area (Å²) in [6.07, 6.45) is 3.15. The van der Waals surface area contributed by atoms with Gasteiger partial charge >= 0.3 is 0 Å². The minimum atomic E-state index is -4.08. The average molecular weight is 556 g/mol. The van der Waals surface area contributed by atoms with Gasteiger partial charge in [0.2, 0.25) is 15.9 Å². The van der Waals surface area contributed by atoms with Crippen LogP contribution in [0.3, 0.4) is 0 Å². The predicted octanol–water partition coefficient (Wildman–Crippen LogP) is 3.57. The van der Waals surface area contributed by atoms with Crippen LogP contribution in [-0.4, -0.2) is 65.7 Å². The molecule has 12 nitrogen and oxygen atoms in total. The van der Waals surface area contributed by atoms with Gasteiger partial charge in [-0.05, 0) is 50.8 Å². The molecule has 39 heavy (non-hydrogen) atoms. The molecular formula is C26H29N5O7S. The van der Waals surface area contributed by atoms with E-state index in [1.54, 1.807) is 31.2 Å². The maximum Gasteiger partial charge on any atom is 0.272 e. The highest BCUT2D eigenvalue weighted by Crippen LogP contribution is 2.37. The Bertz CT molecular complexity index is 1480. The first-order valence-corrected chi connectivity index (χ1v) is 14.2. The van der Waals surface area contributed by atoms with Crippen molar-refractivity contribution in [3.63, 3.8) is 0 Å². The van der Waals surface area contributed by atoms with Crippen LogP contribution in [0.1, 0.15) is 41.7 Å². The number of nitrogens with zero attached hydrogens (tertiary/aromatic N) is 4. The summed E-state index contributed by atoms with van der Waals surface area (Å²) < 4.78 is 41.5. The molecular weight excluding hydrogens is 526 g/mol. The largest absolute Gasteiger partial charge is 0.437 e. The zero-order valence-corrected chi connectivity index (χ0v) is 22.2. The molecule has 2 saturated heterocycles. The number of aromatic nitrogens is 2. The zero-order chi connectivity index (χ0) is 27.6. The summed E-state index contributed by atoms with van der Waals surface area (Å²) in [6, 6.07) is 12.4. The molecule has 1 unspecified atom stereocenters. The number of ether oxygens (including phenoxy) is 2. The number of rotatable bonds is 9. The maximum absolute atomic E-state index is 13.5. The first-order chi connectivity index (χ1) is 18.8. The lowest BCUT2D eigenvalue weighted by Crippen LogP contribution is -2.32. The number of sulfonamides is 1. The van der Waals surface area contributed by atoms with Gasteiger partial charge in [0.25, 0.3) is 11.6 Å². The summed E-state index contributed by atoms with van der Waals surface area (Å²) in [6.45, 7) is 3.30. The Kier molecular flexibility index (Phi) is 7.64. The molecule has 0 saturated carbocycles. The lowest BCUT2D eigenvalue weighted by molar-refractivity contribution is -0.385. The monoisotopic (exact) mass is 555 g/mol. The van der Waals surface area contributed by atoms with Crippen LogP contribution < -0.4 is 10.1 Å². The van der Waals surface area contributed by atoms with Crippen molar-refractivity contribution in [3.8, 4) is 17.3 Å². The third-order valence-electron chi connectivity index (χ3n) is 6.83. The van der Waals surface area contributed by atoms with E-state index in [-0.39, 0.29) is 34.0 Å². The second-order valence-electron chi connectivity index (χ2n) is 9.47. The second-order valence-corrected chi connectivity index (χ2v) is 11.4. The number of hydrogen-bond acceptors (Lipinski definition) is 8. The molecule has 13 heteroatoms. The lowest BCUT2D eigenvalue weighted by atomic mass is 10.2. The van der Waals surface area contributed by atoms with Crippen LogP contribution in [0.4, 0.5) is 5.69 Å². The number of benzene rings is 2. The van der Waals surface area contributed by atoms with Crippen molar-refractivity contribution in [2.45, 2.75) is 43.6 Å². The summed E-state index contributed by atoms with van der Waals surface area (Å²) in [5.74, 6) is -0.398. The minimum absolute atomic E-state index is 0.0559. The van der Waals surface area contributed by atoms with E-state index >= 15 is 0 Å². The van der Waals surface area contributed by atoms with Crippen molar-refractivity contribution in [3.05, 3.63) is 69.9 Å². The quantitative estimate of drug-likeness (QED) is 0.311. The molecule has 3 heterocycles. The Labute approximate surface area is 225 Å². The number of amides is 1. The van der Waals surface area contributed by atoms with Crippen molar-refractivity contribution in [2.24, 2.45) is 0 Å². The number of carbonyl (C=O) groups is 1. The molecule has 0 bridgehead atoms. The molecule has 5 rings (SSSR count). The summed E-state index contributed by atoms with van der Waals surface area (Å²) in [7, 11) is -4.08.